The van der Waals surface area contributed by atoms with E-state index in [0.717, 1.165) is 27.1 Å². The summed E-state index contributed by atoms with van der Waals surface area (Å²) in [5, 5.41) is 11.6. The Morgan fingerprint density at radius 3 is 2.47 bits per heavy atom. The van der Waals surface area contributed by atoms with Crippen LogP contribution >= 0.6 is 39.5 Å². The van der Waals surface area contributed by atoms with Crippen LogP contribution < -0.4 is 10.6 Å². The van der Waals surface area contributed by atoms with Crippen LogP contribution in [0, 0.1) is 20.8 Å². The van der Waals surface area contributed by atoms with Crippen LogP contribution in [-0.4, -0.2) is 51.9 Å². The number of anilines is 2. The van der Waals surface area contributed by atoms with Crippen LogP contribution in [0.15, 0.2) is 28.7 Å². The highest BCUT2D eigenvalue weighted by atomic mass is 79.9. The smallest absolute Gasteiger partial charge is 0.341 e. The Bertz CT molecular complexity index is 1300. The average Bonchev–Trinajstić information content (AvgIpc) is 3.29. The van der Waals surface area contributed by atoms with Gasteiger partial charge < -0.3 is 20.3 Å². The number of nitrogens with zero attached hydrogens (tertiary/aromatic N) is 3. The summed E-state index contributed by atoms with van der Waals surface area (Å²) in [7, 11) is 1.32. The SMILES string of the molecule is CCN(CC)C(=O)c1sc(NC(=S)Nc2cccc(Cn3nc(C)c(Br)c3C)c2)c(C(=O)OC)c1C. The summed E-state index contributed by atoms with van der Waals surface area (Å²) in [6, 6.07) is 7.87. The molecule has 2 aromatic heterocycles. The van der Waals surface area contributed by atoms with Crippen molar-refractivity contribution in [2.45, 2.75) is 41.2 Å². The number of methoxy groups -OCH3 is 1. The second-order valence-electron chi connectivity index (χ2n) is 8.15. The monoisotopic (exact) mass is 591 g/mol. The zero-order chi connectivity index (χ0) is 26.6. The van der Waals surface area contributed by atoms with Gasteiger partial charge in [0.05, 0.1) is 40.0 Å². The molecular weight excluding hydrogens is 562 g/mol. The van der Waals surface area contributed by atoms with Crippen molar-refractivity contribution >= 4 is 67.2 Å². The first-order valence-corrected chi connectivity index (χ1v) is 13.5. The number of carbonyl (C=O) groups is 2. The maximum Gasteiger partial charge on any atom is 0.341 e. The number of benzene rings is 1. The minimum absolute atomic E-state index is 0.122. The Balaban J connectivity index is 1.81. The Hall–Kier alpha value is -2.76. The highest BCUT2D eigenvalue weighted by molar-refractivity contribution is 9.10. The van der Waals surface area contributed by atoms with Crippen LogP contribution in [0.3, 0.4) is 0 Å². The van der Waals surface area contributed by atoms with Gasteiger partial charge in [-0.05, 0) is 86.0 Å². The minimum Gasteiger partial charge on any atom is -0.465 e. The summed E-state index contributed by atoms with van der Waals surface area (Å²) in [5.41, 5.74) is 4.73. The third-order valence-electron chi connectivity index (χ3n) is 5.82. The largest absolute Gasteiger partial charge is 0.465 e. The molecule has 0 fully saturated rings. The molecule has 1 amide bonds. The van der Waals surface area contributed by atoms with Crippen molar-refractivity contribution < 1.29 is 14.3 Å². The first-order valence-electron chi connectivity index (χ1n) is 11.5. The van der Waals surface area contributed by atoms with E-state index in [2.05, 4.69) is 31.7 Å². The van der Waals surface area contributed by atoms with Crippen molar-refractivity contribution in [1.29, 1.82) is 0 Å². The van der Waals surface area contributed by atoms with Crippen molar-refractivity contribution in [2.75, 3.05) is 30.8 Å². The number of rotatable bonds is 8. The fourth-order valence-electron chi connectivity index (χ4n) is 3.82. The zero-order valence-corrected chi connectivity index (χ0v) is 24.4. The highest BCUT2D eigenvalue weighted by Crippen LogP contribution is 2.34. The number of esters is 1. The molecule has 0 aliphatic rings. The number of amides is 1. The van der Waals surface area contributed by atoms with Crippen LogP contribution in [0.5, 0.6) is 0 Å². The number of halogens is 1. The molecule has 0 bridgehead atoms. The Labute approximate surface area is 229 Å². The lowest BCUT2D eigenvalue weighted by atomic mass is 10.1. The molecule has 11 heteroatoms. The molecule has 0 saturated heterocycles. The van der Waals surface area contributed by atoms with Gasteiger partial charge in [0.1, 0.15) is 5.00 Å². The summed E-state index contributed by atoms with van der Waals surface area (Å²) in [6.07, 6.45) is 0. The number of hydrogen-bond acceptors (Lipinski definition) is 6. The van der Waals surface area contributed by atoms with Gasteiger partial charge in [0.2, 0.25) is 0 Å². The average molecular weight is 593 g/mol. The fourth-order valence-corrected chi connectivity index (χ4v) is 5.56. The van der Waals surface area contributed by atoms with Crippen LogP contribution in [0.25, 0.3) is 0 Å². The van der Waals surface area contributed by atoms with Crippen LogP contribution in [0.2, 0.25) is 0 Å². The molecule has 36 heavy (non-hydrogen) atoms. The third-order valence-corrected chi connectivity index (χ3v) is 8.37. The maximum absolute atomic E-state index is 13.0. The minimum atomic E-state index is -0.523. The second kappa shape index (κ2) is 12.0. The first kappa shape index (κ1) is 27.8. The molecular formula is C25H30BrN5O3S2. The predicted octanol–water partition coefficient (Wildman–Crippen LogP) is 5.76. The Morgan fingerprint density at radius 1 is 1.19 bits per heavy atom. The molecule has 8 nitrogen and oxygen atoms in total. The number of hydrogen-bond donors (Lipinski definition) is 2. The van der Waals surface area contributed by atoms with Gasteiger partial charge >= 0.3 is 5.97 Å². The molecule has 192 valence electrons. The van der Waals surface area contributed by atoms with Crippen LogP contribution in [0.1, 0.15) is 56.4 Å². The van der Waals surface area contributed by atoms with E-state index in [0.29, 0.717) is 45.8 Å². The number of nitrogens with one attached hydrogen (secondary N) is 2. The molecule has 0 atom stereocenters. The summed E-state index contributed by atoms with van der Waals surface area (Å²) < 4.78 is 7.94. The zero-order valence-electron chi connectivity index (χ0n) is 21.2. The van der Waals surface area contributed by atoms with E-state index < -0.39 is 5.97 Å². The molecule has 0 radical (unpaired) electrons. The molecule has 3 aromatic rings. The van der Waals surface area contributed by atoms with Gasteiger partial charge in [0, 0.05) is 18.8 Å². The van der Waals surface area contributed by atoms with Gasteiger partial charge in [-0.1, -0.05) is 12.1 Å². The van der Waals surface area contributed by atoms with Gasteiger partial charge in [-0.2, -0.15) is 5.10 Å². The highest BCUT2D eigenvalue weighted by Gasteiger charge is 2.27. The van der Waals surface area contributed by atoms with Gasteiger partial charge in [0.15, 0.2) is 5.11 Å². The van der Waals surface area contributed by atoms with Crippen molar-refractivity contribution in [3.8, 4) is 0 Å². The lowest BCUT2D eigenvalue weighted by Gasteiger charge is -2.18. The van der Waals surface area contributed by atoms with E-state index >= 15 is 0 Å². The van der Waals surface area contributed by atoms with E-state index in [1.54, 1.807) is 11.8 Å². The van der Waals surface area contributed by atoms with E-state index in [1.165, 1.54) is 18.4 Å². The standard InChI is InChI=1S/C25H30BrN5O3S2/c1-7-30(8-2)23(32)21-14(3)19(24(33)34-6)22(36-21)28-25(35)27-18-11-9-10-17(12-18)13-31-16(5)20(26)15(4)29-31/h9-12H,7-8,13H2,1-6H3,(H2,27,28,35). The fraction of sp³-hybridized carbons (Fsp3) is 0.360. The normalized spacial score (nSPS) is 10.8. The number of aryl methyl sites for hydroxylation is 1. The molecule has 0 saturated carbocycles. The number of thiophene rings is 1. The molecule has 0 aliphatic carbocycles. The Kier molecular flexibility index (Phi) is 9.26. The van der Waals surface area contributed by atoms with Crippen molar-refractivity contribution in [2.24, 2.45) is 0 Å². The molecule has 2 heterocycles. The maximum atomic E-state index is 13.0. The summed E-state index contributed by atoms with van der Waals surface area (Å²) >= 11 is 10.3. The number of carbonyl (C=O) groups excluding carboxylic acids is 2. The molecule has 0 spiro atoms. The van der Waals surface area contributed by atoms with Crippen LogP contribution in [0.4, 0.5) is 10.7 Å². The lowest BCUT2D eigenvalue weighted by molar-refractivity contribution is 0.0601. The number of thiocarbonyl (C=S) groups is 1. The van der Waals surface area contributed by atoms with E-state index in [1.807, 2.05) is 56.6 Å². The number of aromatic nitrogens is 2. The first-order chi connectivity index (χ1) is 17.1. The summed E-state index contributed by atoms with van der Waals surface area (Å²) in [4.78, 5) is 27.8. The van der Waals surface area contributed by atoms with Crippen LogP contribution in [-0.2, 0) is 11.3 Å². The van der Waals surface area contributed by atoms with Gasteiger partial charge in [-0.15, -0.1) is 11.3 Å². The second-order valence-corrected chi connectivity index (χ2v) is 10.4. The molecule has 0 aliphatic heterocycles. The van der Waals surface area contributed by atoms with E-state index in [9.17, 15) is 9.59 Å². The summed E-state index contributed by atoms with van der Waals surface area (Å²) in [5.74, 6) is -0.645. The lowest BCUT2D eigenvalue weighted by Crippen LogP contribution is -2.30. The van der Waals surface area contributed by atoms with E-state index in [4.69, 9.17) is 17.0 Å². The van der Waals surface area contributed by atoms with Crippen molar-refractivity contribution in [3.63, 3.8) is 0 Å². The topological polar surface area (TPSA) is 88.5 Å². The predicted molar refractivity (Wildman–Crippen MR) is 152 cm³/mol. The third kappa shape index (κ3) is 5.96. The molecule has 3 rings (SSSR count). The molecule has 1 aromatic carbocycles. The van der Waals surface area contributed by atoms with Gasteiger partial charge in [-0.3, -0.25) is 9.48 Å². The number of ether oxygens (including phenoxy) is 1. The van der Waals surface area contributed by atoms with Gasteiger partial charge in [0.25, 0.3) is 5.91 Å². The molecule has 0 unspecified atom stereocenters. The van der Waals surface area contributed by atoms with Crippen molar-refractivity contribution in [1.82, 2.24) is 14.7 Å². The quantitative estimate of drug-likeness (QED) is 0.254. The molecule has 2 N–H and O–H groups in total. The van der Waals surface area contributed by atoms with Crippen molar-refractivity contribution in [3.05, 3.63) is 61.7 Å². The Morgan fingerprint density at radius 2 is 1.89 bits per heavy atom. The van der Waals surface area contributed by atoms with Gasteiger partial charge in [-0.25, -0.2) is 4.79 Å². The van der Waals surface area contributed by atoms with E-state index in [-0.39, 0.29) is 5.91 Å². The summed E-state index contributed by atoms with van der Waals surface area (Å²) in [6.45, 7) is 11.3.